The van der Waals surface area contributed by atoms with Crippen LogP contribution in [0.25, 0.3) is 0 Å². The van der Waals surface area contributed by atoms with E-state index < -0.39 is 34.6 Å². The Morgan fingerprint density at radius 2 is 1.85 bits per heavy atom. The summed E-state index contributed by atoms with van der Waals surface area (Å²) < 4.78 is 64.1. The van der Waals surface area contributed by atoms with Crippen LogP contribution in [0.1, 0.15) is 30.1 Å². The van der Waals surface area contributed by atoms with Gasteiger partial charge in [-0.25, -0.2) is 8.42 Å². The number of sulfonamides is 1. The number of benzene rings is 1. The molecule has 1 atom stereocenters. The molecule has 0 saturated heterocycles. The fourth-order valence-corrected chi connectivity index (χ4v) is 4.21. The molecule has 0 aliphatic rings. The third-order valence-corrected chi connectivity index (χ3v) is 6.24. The molecule has 1 amide bonds. The van der Waals surface area contributed by atoms with Gasteiger partial charge in [-0.3, -0.25) is 9.52 Å². The molecule has 26 heavy (non-hydrogen) atoms. The van der Waals surface area contributed by atoms with Crippen molar-refractivity contribution < 1.29 is 26.4 Å². The summed E-state index contributed by atoms with van der Waals surface area (Å²) in [5.41, 5.74) is 0.391. The molecule has 0 radical (unpaired) electrons. The smallest absolute Gasteiger partial charge is 0.349 e. The molecule has 0 bridgehead atoms. The van der Waals surface area contributed by atoms with Gasteiger partial charge >= 0.3 is 6.18 Å². The molecule has 142 valence electrons. The van der Waals surface area contributed by atoms with Crippen molar-refractivity contribution in [2.24, 2.45) is 0 Å². The SMILES string of the molecule is CC[C@H](CC(F)(F)F)NC(=O)c1ccc(NS(=O)(=O)c2cccs2)cc1. The molecular formula is C16H17F3N2O3S2. The minimum atomic E-state index is -4.36. The second-order valence-corrected chi connectivity index (χ2v) is 8.37. The molecule has 0 unspecified atom stereocenters. The minimum Gasteiger partial charge on any atom is -0.349 e. The van der Waals surface area contributed by atoms with Crippen molar-refractivity contribution in [3.05, 3.63) is 47.3 Å². The van der Waals surface area contributed by atoms with Crippen LogP contribution in [0.15, 0.2) is 46.0 Å². The van der Waals surface area contributed by atoms with Gasteiger partial charge in [-0.2, -0.15) is 13.2 Å². The monoisotopic (exact) mass is 406 g/mol. The van der Waals surface area contributed by atoms with E-state index in [2.05, 4.69) is 10.0 Å². The van der Waals surface area contributed by atoms with Crippen LogP contribution in [-0.2, 0) is 10.0 Å². The first-order chi connectivity index (χ1) is 12.1. The van der Waals surface area contributed by atoms with Crippen LogP contribution < -0.4 is 10.0 Å². The van der Waals surface area contributed by atoms with Gasteiger partial charge in [-0.15, -0.1) is 11.3 Å². The average molecular weight is 406 g/mol. The summed E-state index contributed by atoms with van der Waals surface area (Å²) in [7, 11) is -3.70. The lowest BCUT2D eigenvalue weighted by Gasteiger charge is -2.18. The molecular weight excluding hydrogens is 389 g/mol. The highest BCUT2D eigenvalue weighted by molar-refractivity contribution is 7.94. The average Bonchev–Trinajstić information content (AvgIpc) is 3.08. The maximum absolute atomic E-state index is 12.5. The lowest BCUT2D eigenvalue weighted by Crippen LogP contribution is -2.37. The van der Waals surface area contributed by atoms with Crippen LogP contribution in [0.4, 0.5) is 18.9 Å². The summed E-state index contributed by atoms with van der Waals surface area (Å²) >= 11 is 1.06. The summed E-state index contributed by atoms with van der Waals surface area (Å²) in [6.07, 6.45) is -5.32. The first-order valence-corrected chi connectivity index (χ1v) is 10.0. The Morgan fingerprint density at radius 3 is 2.35 bits per heavy atom. The van der Waals surface area contributed by atoms with Crippen molar-refractivity contribution in [1.82, 2.24) is 5.32 Å². The standard InChI is InChI=1S/C16H17F3N2O3S2/c1-2-12(10-16(17,18)19)20-15(22)11-5-7-13(8-6-11)21-26(23,24)14-4-3-9-25-14/h3-9,12,21H,2,10H2,1H3,(H,20,22)/t12-/m1/s1. The zero-order valence-corrected chi connectivity index (χ0v) is 15.3. The van der Waals surface area contributed by atoms with E-state index in [0.717, 1.165) is 11.3 Å². The van der Waals surface area contributed by atoms with Crippen molar-refractivity contribution >= 4 is 33.0 Å². The Kier molecular flexibility index (Phi) is 6.30. The van der Waals surface area contributed by atoms with Crippen LogP contribution in [0, 0.1) is 0 Å². The van der Waals surface area contributed by atoms with Gasteiger partial charge in [0.15, 0.2) is 0 Å². The highest BCUT2D eigenvalue weighted by atomic mass is 32.2. The Labute approximate surface area is 153 Å². The summed E-state index contributed by atoms with van der Waals surface area (Å²) in [4.78, 5) is 12.1. The molecule has 1 aromatic carbocycles. The summed E-state index contributed by atoms with van der Waals surface area (Å²) in [6, 6.07) is 7.51. The number of hydrogen-bond donors (Lipinski definition) is 2. The summed E-state index contributed by atoms with van der Waals surface area (Å²) in [5, 5.41) is 3.97. The van der Waals surface area contributed by atoms with E-state index in [0.29, 0.717) is 0 Å². The highest BCUT2D eigenvalue weighted by Crippen LogP contribution is 2.23. The molecule has 0 saturated carbocycles. The fourth-order valence-electron chi connectivity index (χ4n) is 2.16. The van der Waals surface area contributed by atoms with E-state index in [4.69, 9.17) is 0 Å². The Hall–Kier alpha value is -2.07. The number of carbonyl (C=O) groups excluding carboxylic acids is 1. The van der Waals surface area contributed by atoms with E-state index in [1.54, 1.807) is 18.4 Å². The second kappa shape index (κ2) is 8.09. The van der Waals surface area contributed by atoms with Gasteiger partial charge in [-0.05, 0) is 42.1 Å². The number of halogens is 3. The number of alkyl halides is 3. The Morgan fingerprint density at radius 1 is 1.19 bits per heavy atom. The molecule has 1 heterocycles. The normalized spacial score (nSPS) is 13.2. The second-order valence-electron chi connectivity index (χ2n) is 5.51. The Balaban J connectivity index is 2.03. The Bertz CT molecular complexity index is 833. The number of nitrogens with one attached hydrogen (secondary N) is 2. The number of thiophene rings is 1. The van der Waals surface area contributed by atoms with Crippen LogP contribution >= 0.6 is 11.3 Å². The number of amides is 1. The van der Waals surface area contributed by atoms with E-state index in [1.807, 2.05) is 0 Å². The van der Waals surface area contributed by atoms with Gasteiger partial charge in [0.05, 0.1) is 6.42 Å². The van der Waals surface area contributed by atoms with Crippen molar-refractivity contribution in [1.29, 1.82) is 0 Å². The van der Waals surface area contributed by atoms with Gasteiger partial charge in [0.1, 0.15) is 4.21 Å². The zero-order chi connectivity index (χ0) is 19.4. The van der Waals surface area contributed by atoms with Gasteiger partial charge in [0, 0.05) is 17.3 Å². The van der Waals surface area contributed by atoms with Crippen LogP contribution in [0.3, 0.4) is 0 Å². The summed E-state index contributed by atoms with van der Waals surface area (Å²) in [6.45, 7) is 1.55. The lowest BCUT2D eigenvalue weighted by molar-refractivity contribution is -0.139. The van der Waals surface area contributed by atoms with Crippen LogP contribution in [0.5, 0.6) is 0 Å². The molecule has 0 spiro atoms. The first kappa shape index (κ1) is 20.2. The maximum Gasteiger partial charge on any atom is 0.391 e. The predicted molar refractivity (Wildman–Crippen MR) is 93.8 cm³/mol. The minimum absolute atomic E-state index is 0.143. The van der Waals surface area contributed by atoms with Gasteiger partial charge in [0.2, 0.25) is 0 Å². The number of carbonyl (C=O) groups is 1. The third-order valence-electron chi connectivity index (χ3n) is 3.47. The van der Waals surface area contributed by atoms with Crippen LogP contribution in [-0.4, -0.2) is 26.5 Å². The molecule has 10 heteroatoms. The van der Waals surface area contributed by atoms with Crippen molar-refractivity contribution in [2.75, 3.05) is 4.72 Å². The number of rotatable bonds is 7. The van der Waals surface area contributed by atoms with E-state index in [1.165, 1.54) is 30.3 Å². The van der Waals surface area contributed by atoms with Gasteiger partial charge in [-0.1, -0.05) is 13.0 Å². The molecule has 0 fully saturated rings. The summed E-state index contributed by atoms with van der Waals surface area (Å²) in [5.74, 6) is -0.645. The molecule has 5 nitrogen and oxygen atoms in total. The molecule has 0 aliphatic carbocycles. The lowest BCUT2D eigenvalue weighted by atomic mass is 10.1. The molecule has 1 aromatic heterocycles. The van der Waals surface area contributed by atoms with Crippen LogP contribution in [0.2, 0.25) is 0 Å². The molecule has 2 N–H and O–H groups in total. The van der Waals surface area contributed by atoms with E-state index in [9.17, 15) is 26.4 Å². The molecule has 2 aromatic rings. The van der Waals surface area contributed by atoms with E-state index >= 15 is 0 Å². The van der Waals surface area contributed by atoms with Gasteiger partial charge in [0.25, 0.3) is 15.9 Å². The largest absolute Gasteiger partial charge is 0.391 e. The third kappa shape index (κ3) is 5.73. The number of hydrogen-bond acceptors (Lipinski definition) is 4. The van der Waals surface area contributed by atoms with Crippen molar-refractivity contribution in [3.63, 3.8) is 0 Å². The van der Waals surface area contributed by atoms with E-state index in [-0.39, 0.29) is 21.9 Å². The maximum atomic E-state index is 12.5. The zero-order valence-electron chi connectivity index (χ0n) is 13.7. The quantitative estimate of drug-likeness (QED) is 0.730. The number of anilines is 1. The molecule has 0 aliphatic heterocycles. The van der Waals surface area contributed by atoms with Crippen molar-refractivity contribution in [2.45, 2.75) is 36.2 Å². The first-order valence-electron chi connectivity index (χ1n) is 7.65. The van der Waals surface area contributed by atoms with Gasteiger partial charge < -0.3 is 5.32 Å². The highest BCUT2D eigenvalue weighted by Gasteiger charge is 2.31. The topological polar surface area (TPSA) is 75.3 Å². The van der Waals surface area contributed by atoms with Crippen molar-refractivity contribution in [3.8, 4) is 0 Å². The molecule has 2 rings (SSSR count). The predicted octanol–water partition coefficient (Wildman–Crippen LogP) is 4.01. The fraction of sp³-hybridized carbons (Fsp3) is 0.312.